The second kappa shape index (κ2) is 6.94. The highest BCUT2D eigenvalue weighted by Gasteiger charge is 2.32. The van der Waals surface area contributed by atoms with Crippen molar-refractivity contribution in [3.63, 3.8) is 0 Å². The number of hydrogen-bond donors (Lipinski definition) is 2. The van der Waals surface area contributed by atoms with Crippen molar-refractivity contribution in [1.82, 2.24) is 0 Å². The van der Waals surface area contributed by atoms with E-state index in [1.807, 2.05) is 4.90 Å². The maximum atomic E-state index is 12.9. The summed E-state index contributed by atoms with van der Waals surface area (Å²) in [5.41, 5.74) is -0.690. The number of carboxylic acid groups (broad SMARTS) is 1. The zero-order chi connectivity index (χ0) is 17.9. The van der Waals surface area contributed by atoms with Gasteiger partial charge in [0, 0.05) is 18.7 Å². The SMILES string of the molecule is C=C(CC(=O)Nc1cc(C(F)(F)F)ccc1N1CCCC1)C(=O)O. The minimum atomic E-state index is -4.53. The summed E-state index contributed by atoms with van der Waals surface area (Å²) in [4.78, 5) is 24.5. The van der Waals surface area contributed by atoms with Crippen molar-refractivity contribution in [2.75, 3.05) is 23.3 Å². The summed E-state index contributed by atoms with van der Waals surface area (Å²) < 4.78 is 38.7. The minimum Gasteiger partial charge on any atom is -0.478 e. The molecule has 1 heterocycles. The Hall–Kier alpha value is -2.51. The van der Waals surface area contributed by atoms with Crippen LogP contribution in [-0.2, 0) is 15.8 Å². The molecule has 24 heavy (non-hydrogen) atoms. The van der Waals surface area contributed by atoms with Gasteiger partial charge in [0.1, 0.15) is 0 Å². The van der Waals surface area contributed by atoms with E-state index in [1.165, 1.54) is 6.07 Å². The van der Waals surface area contributed by atoms with E-state index >= 15 is 0 Å². The largest absolute Gasteiger partial charge is 0.478 e. The molecule has 1 amide bonds. The van der Waals surface area contributed by atoms with Crippen LogP contribution in [0.1, 0.15) is 24.8 Å². The van der Waals surface area contributed by atoms with E-state index in [9.17, 15) is 22.8 Å². The molecule has 2 rings (SSSR count). The van der Waals surface area contributed by atoms with Gasteiger partial charge in [0.15, 0.2) is 0 Å². The highest BCUT2D eigenvalue weighted by Crippen LogP contribution is 2.36. The predicted octanol–water partition coefficient (Wildman–Crippen LogP) is 3.28. The molecular formula is C16H17F3N2O3. The summed E-state index contributed by atoms with van der Waals surface area (Å²) in [5.74, 6) is -2.05. The van der Waals surface area contributed by atoms with Crippen molar-refractivity contribution in [2.24, 2.45) is 0 Å². The van der Waals surface area contributed by atoms with E-state index in [0.717, 1.165) is 25.0 Å². The molecule has 0 spiro atoms. The fraction of sp³-hybridized carbons (Fsp3) is 0.375. The van der Waals surface area contributed by atoms with Crippen LogP contribution in [0.15, 0.2) is 30.4 Å². The molecule has 0 bridgehead atoms. The number of rotatable bonds is 5. The van der Waals surface area contributed by atoms with Gasteiger partial charge in [0.2, 0.25) is 5.91 Å². The van der Waals surface area contributed by atoms with Gasteiger partial charge < -0.3 is 15.3 Å². The van der Waals surface area contributed by atoms with Crippen molar-refractivity contribution < 1.29 is 27.9 Å². The number of halogens is 3. The number of nitrogens with one attached hydrogen (secondary N) is 1. The Morgan fingerprint density at radius 1 is 1.25 bits per heavy atom. The van der Waals surface area contributed by atoms with Gasteiger partial charge in [-0.2, -0.15) is 13.2 Å². The van der Waals surface area contributed by atoms with Crippen LogP contribution in [-0.4, -0.2) is 30.1 Å². The molecule has 1 aromatic carbocycles. The maximum absolute atomic E-state index is 12.9. The summed E-state index contributed by atoms with van der Waals surface area (Å²) in [6, 6.07) is 3.17. The number of carboxylic acids is 1. The molecule has 1 fully saturated rings. The maximum Gasteiger partial charge on any atom is 0.416 e. The zero-order valence-electron chi connectivity index (χ0n) is 12.8. The highest BCUT2D eigenvalue weighted by atomic mass is 19.4. The summed E-state index contributed by atoms with van der Waals surface area (Å²) in [7, 11) is 0. The molecule has 0 saturated carbocycles. The van der Waals surface area contributed by atoms with Gasteiger partial charge in [-0.3, -0.25) is 4.79 Å². The van der Waals surface area contributed by atoms with Crippen molar-refractivity contribution in [1.29, 1.82) is 0 Å². The monoisotopic (exact) mass is 342 g/mol. The van der Waals surface area contributed by atoms with E-state index in [0.29, 0.717) is 18.8 Å². The van der Waals surface area contributed by atoms with Crippen LogP contribution in [0.5, 0.6) is 0 Å². The van der Waals surface area contributed by atoms with Gasteiger partial charge >= 0.3 is 12.1 Å². The number of carbonyl (C=O) groups excluding carboxylic acids is 1. The Kier molecular flexibility index (Phi) is 5.16. The summed E-state index contributed by atoms with van der Waals surface area (Å²) in [6.45, 7) is 4.62. The second-order valence-electron chi connectivity index (χ2n) is 5.56. The first-order valence-corrected chi connectivity index (χ1v) is 7.35. The molecule has 130 valence electrons. The lowest BCUT2D eigenvalue weighted by molar-refractivity contribution is -0.137. The first-order valence-electron chi connectivity index (χ1n) is 7.35. The van der Waals surface area contributed by atoms with Crippen molar-refractivity contribution >= 4 is 23.3 Å². The first kappa shape index (κ1) is 17.8. The number of aliphatic carboxylic acids is 1. The molecule has 2 N–H and O–H groups in total. The molecule has 0 radical (unpaired) electrons. The lowest BCUT2D eigenvalue weighted by Gasteiger charge is -2.23. The lowest BCUT2D eigenvalue weighted by Crippen LogP contribution is -2.22. The van der Waals surface area contributed by atoms with E-state index < -0.39 is 30.0 Å². The first-order chi connectivity index (χ1) is 11.2. The Morgan fingerprint density at radius 3 is 2.42 bits per heavy atom. The Bertz CT molecular complexity index is 665. The molecule has 1 aliphatic rings. The molecule has 5 nitrogen and oxygen atoms in total. The molecule has 8 heteroatoms. The zero-order valence-corrected chi connectivity index (χ0v) is 12.8. The number of amides is 1. The van der Waals surface area contributed by atoms with Gasteiger partial charge in [-0.15, -0.1) is 0 Å². The number of hydrogen-bond acceptors (Lipinski definition) is 3. The van der Waals surface area contributed by atoms with Crippen LogP contribution >= 0.6 is 0 Å². The summed E-state index contributed by atoms with van der Waals surface area (Å²) in [5, 5.41) is 11.1. The normalized spacial score (nSPS) is 14.5. The van der Waals surface area contributed by atoms with Gasteiger partial charge in [-0.1, -0.05) is 6.58 Å². The average Bonchev–Trinajstić information content (AvgIpc) is 2.99. The summed E-state index contributed by atoms with van der Waals surface area (Å²) in [6.07, 6.45) is -3.19. The van der Waals surface area contributed by atoms with Crippen molar-refractivity contribution in [2.45, 2.75) is 25.4 Å². The van der Waals surface area contributed by atoms with Crippen LogP contribution in [0.25, 0.3) is 0 Å². The van der Waals surface area contributed by atoms with Crippen molar-refractivity contribution in [3.8, 4) is 0 Å². The third kappa shape index (κ3) is 4.27. The van der Waals surface area contributed by atoms with E-state index in [4.69, 9.17) is 5.11 Å². The average molecular weight is 342 g/mol. The van der Waals surface area contributed by atoms with Gasteiger partial charge in [0.25, 0.3) is 0 Å². The van der Waals surface area contributed by atoms with Crippen molar-refractivity contribution in [3.05, 3.63) is 35.9 Å². The Morgan fingerprint density at radius 2 is 1.88 bits per heavy atom. The predicted molar refractivity (Wildman–Crippen MR) is 82.9 cm³/mol. The number of nitrogens with zero attached hydrogens (tertiary/aromatic N) is 1. The van der Waals surface area contributed by atoms with Crippen LogP contribution < -0.4 is 10.2 Å². The number of anilines is 2. The topological polar surface area (TPSA) is 69.6 Å². The van der Waals surface area contributed by atoms with Crippen LogP contribution in [0.3, 0.4) is 0 Å². The molecular weight excluding hydrogens is 325 g/mol. The van der Waals surface area contributed by atoms with E-state index in [-0.39, 0.29) is 11.3 Å². The van der Waals surface area contributed by atoms with Crippen LogP contribution in [0.4, 0.5) is 24.5 Å². The van der Waals surface area contributed by atoms with Gasteiger partial charge in [-0.25, -0.2) is 4.79 Å². The van der Waals surface area contributed by atoms with E-state index in [1.54, 1.807) is 0 Å². The number of benzene rings is 1. The smallest absolute Gasteiger partial charge is 0.416 e. The van der Waals surface area contributed by atoms with Gasteiger partial charge in [0.05, 0.1) is 23.4 Å². The number of carbonyl (C=O) groups is 2. The minimum absolute atomic E-state index is 0.0231. The fourth-order valence-electron chi connectivity index (χ4n) is 2.51. The van der Waals surface area contributed by atoms with Gasteiger partial charge in [-0.05, 0) is 31.0 Å². The Labute approximate surface area is 136 Å². The molecule has 0 aromatic heterocycles. The molecule has 1 saturated heterocycles. The quantitative estimate of drug-likeness (QED) is 0.806. The highest BCUT2D eigenvalue weighted by molar-refractivity contribution is 6.00. The molecule has 0 unspecified atom stereocenters. The molecule has 1 aliphatic heterocycles. The number of alkyl halides is 3. The van der Waals surface area contributed by atoms with Crippen LogP contribution in [0.2, 0.25) is 0 Å². The van der Waals surface area contributed by atoms with Crippen LogP contribution in [0, 0.1) is 0 Å². The summed E-state index contributed by atoms with van der Waals surface area (Å²) >= 11 is 0. The third-order valence-electron chi connectivity index (χ3n) is 3.72. The lowest BCUT2D eigenvalue weighted by atomic mass is 10.1. The standard InChI is InChI=1S/C16H17F3N2O3/c1-10(15(23)24)8-14(22)20-12-9-11(16(17,18)19)4-5-13(12)21-6-2-3-7-21/h4-5,9H,1-3,6-8H2,(H,20,22)(H,23,24). The fourth-order valence-corrected chi connectivity index (χ4v) is 2.51. The molecule has 0 atom stereocenters. The molecule has 0 aliphatic carbocycles. The Balaban J connectivity index is 2.28. The second-order valence-corrected chi connectivity index (χ2v) is 5.56. The molecule has 1 aromatic rings. The third-order valence-corrected chi connectivity index (χ3v) is 3.72. The van der Waals surface area contributed by atoms with E-state index in [2.05, 4.69) is 11.9 Å².